The van der Waals surface area contributed by atoms with Crippen molar-refractivity contribution in [3.8, 4) is 5.69 Å². The van der Waals surface area contributed by atoms with Crippen molar-refractivity contribution in [2.75, 3.05) is 6.54 Å². The van der Waals surface area contributed by atoms with Crippen molar-refractivity contribution >= 4 is 28.9 Å². The lowest BCUT2D eigenvalue weighted by atomic mass is 9.96. The Bertz CT molecular complexity index is 1060. The highest BCUT2D eigenvalue weighted by Gasteiger charge is 2.41. The van der Waals surface area contributed by atoms with Crippen LogP contribution in [0.25, 0.3) is 5.69 Å². The van der Waals surface area contributed by atoms with Crippen LogP contribution in [0.2, 0.25) is 5.02 Å². The molecule has 1 aliphatic rings. The minimum atomic E-state index is 0.00533. The van der Waals surface area contributed by atoms with Crippen LogP contribution < -0.4 is 5.32 Å². The fourth-order valence-corrected chi connectivity index (χ4v) is 4.93. The first-order chi connectivity index (χ1) is 14.4. The molecule has 0 saturated carbocycles. The van der Waals surface area contributed by atoms with Crippen molar-refractivity contribution in [2.45, 2.75) is 39.8 Å². The molecule has 1 aromatic carbocycles. The zero-order chi connectivity index (χ0) is 21.4. The van der Waals surface area contributed by atoms with Crippen molar-refractivity contribution in [3.05, 3.63) is 82.4 Å². The van der Waals surface area contributed by atoms with Gasteiger partial charge in [-0.15, -0.1) is 0 Å². The predicted molar refractivity (Wildman–Crippen MR) is 127 cm³/mol. The third-order valence-corrected chi connectivity index (χ3v) is 6.20. The van der Waals surface area contributed by atoms with E-state index in [0.717, 1.165) is 28.1 Å². The van der Waals surface area contributed by atoms with E-state index in [-0.39, 0.29) is 12.1 Å². The summed E-state index contributed by atoms with van der Waals surface area (Å²) in [5.41, 5.74) is 5.70. The van der Waals surface area contributed by atoms with Gasteiger partial charge in [-0.25, -0.2) is 0 Å². The second-order valence-electron chi connectivity index (χ2n) is 8.31. The Balaban J connectivity index is 1.84. The number of pyridine rings is 1. The molecule has 4 nitrogen and oxygen atoms in total. The average Bonchev–Trinajstić information content (AvgIpc) is 3.18. The molecular weight excluding hydrogens is 412 g/mol. The minimum absolute atomic E-state index is 0.00533. The first kappa shape index (κ1) is 20.9. The number of nitrogens with one attached hydrogen (secondary N) is 1. The maximum absolute atomic E-state index is 6.28. The molecular formula is C24H27ClN4S. The molecule has 3 heterocycles. The van der Waals surface area contributed by atoms with Gasteiger partial charge < -0.3 is 14.8 Å². The molecule has 1 fully saturated rings. The second kappa shape index (κ2) is 8.40. The van der Waals surface area contributed by atoms with Crippen LogP contribution >= 0.6 is 23.8 Å². The fraction of sp³-hybridized carbons (Fsp3) is 0.333. The number of benzene rings is 1. The lowest BCUT2D eigenvalue weighted by molar-refractivity contribution is 0.287. The summed E-state index contributed by atoms with van der Waals surface area (Å²) in [4.78, 5) is 6.96. The molecule has 0 aliphatic carbocycles. The van der Waals surface area contributed by atoms with Crippen molar-refractivity contribution in [2.24, 2.45) is 5.92 Å². The minimum Gasteiger partial charge on any atom is -0.352 e. The molecule has 156 valence electrons. The SMILES string of the molecule is Cc1cc([C@H]2[C@@H](c3ccccn3)NC(=S)N2CC(C)C)c(C)n1-c1cccc(Cl)c1. The van der Waals surface area contributed by atoms with E-state index < -0.39 is 0 Å². The van der Waals surface area contributed by atoms with Gasteiger partial charge in [0.15, 0.2) is 5.11 Å². The molecule has 0 amide bonds. The molecule has 0 unspecified atom stereocenters. The molecule has 4 rings (SSSR count). The number of rotatable bonds is 5. The number of hydrogen-bond donors (Lipinski definition) is 1. The number of hydrogen-bond acceptors (Lipinski definition) is 2. The molecule has 2 atom stereocenters. The summed E-state index contributed by atoms with van der Waals surface area (Å²) in [5.74, 6) is 0.492. The number of aryl methyl sites for hydroxylation is 1. The van der Waals surface area contributed by atoms with E-state index >= 15 is 0 Å². The summed E-state index contributed by atoms with van der Waals surface area (Å²) in [5, 5.41) is 5.07. The molecule has 1 saturated heterocycles. The van der Waals surface area contributed by atoms with Crippen LogP contribution in [0, 0.1) is 19.8 Å². The van der Waals surface area contributed by atoms with Crippen LogP contribution in [0.1, 0.15) is 48.6 Å². The first-order valence-corrected chi connectivity index (χ1v) is 11.1. The van der Waals surface area contributed by atoms with Gasteiger partial charge in [0.05, 0.1) is 17.8 Å². The molecule has 1 N–H and O–H groups in total. The lowest BCUT2D eigenvalue weighted by Gasteiger charge is -2.29. The van der Waals surface area contributed by atoms with Crippen LogP contribution in [0.15, 0.2) is 54.7 Å². The Labute approximate surface area is 188 Å². The van der Waals surface area contributed by atoms with Crippen LogP contribution in [0.4, 0.5) is 0 Å². The summed E-state index contributed by atoms with van der Waals surface area (Å²) >= 11 is 12.0. The van der Waals surface area contributed by atoms with Gasteiger partial charge in [-0.2, -0.15) is 0 Å². The smallest absolute Gasteiger partial charge is 0.170 e. The zero-order valence-electron chi connectivity index (χ0n) is 17.8. The van der Waals surface area contributed by atoms with Gasteiger partial charge in [-0.1, -0.05) is 37.6 Å². The van der Waals surface area contributed by atoms with E-state index in [9.17, 15) is 0 Å². The van der Waals surface area contributed by atoms with E-state index in [4.69, 9.17) is 23.8 Å². The van der Waals surface area contributed by atoms with Crippen LogP contribution in [-0.2, 0) is 0 Å². The van der Waals surface area contributed by atoms with E-state index in [2.05, 4.69) is 65.7 Å². The van der Waals surface area contributed by atoms with Gasteiger partial charge in [-0.05, 0) is 73.9 Å². The summed E-state index contributed by atoms with van der Waals surface area (Å²) in [6.45, 7) is 9.65. The summed E-state index contributed by atoms with van der Waals surface area (Å²) < 4.78 is 2.27. The number of halogens is 1. The quantitative estimate of drug-likeness (QED) is 0.512. The first-order valence-electron chi connectivity index (χ1n) is 10.3. The van der Waals surface area contributed by atoms with E-state index in [0.29, 0.717) is 5.92 Å². The third-order valence-electron chi connectivity index (χ3n) is 5.61. The molecule has 1 aliphatic heterocycles. The van der Waals surface area contributed by atoms with Crippen molar-refractivity contribution in [1.29, 1.82) is 0 Å². The predicted octanol–water partition coefficient (Wildman–Crippen LogP) is 5.77. The van der Waals surface area contributed by atoms with Gasteiger partial charge in [-0.3, -0.25) is 4.98 Å². The molecule has 3 aromatic rings. The van der Waals surface area contributed by atoms with Crippen molar-refractivity contribution in [1.82, 2.24) is 19.8 Å². The lowest BCUT2D eigenvalue weighted by Crippen LogP contribution is -2.33. The van der Waals surface area contributed by atoms with Gasteiger partial charge in [0.1, 0.15) is 0 Å². The zero-order valence-corrected chi connectivity index (χ0v) is 19.3. The van der Waals surface area contributed by atoms with Gasteiger partial charge in [0.2, 0.25) is 0 Å². The Morgan fingerprint density at radius 1 is 1.13 bits per heavy atom. The number of aromatic nitrogens is 2. The van der Waals surface area contributed by atoms with Gasteiger partial charge >= 0.3 is 0 Å². The molecule has 0 radical (unpaired) electrons. The van der Waals surface area contributed by atoms with E-state index in [1.807, 2.05) is 36.5 Å². The normalized spacial score (nSPS) is 18.9. The van der Waals surface area contributed by atoms with E-state index in [1.54, 1.807) is 0 Å². The molecule has 0 spiro atoms. The van der Waals surface area contributed by atoms with E-state index in [1.165, 1.54) is 17.0 Å². The second-order valence-corrected chi connectivity index (χ2v) is 9.14. The molecule has 30 heavy (non-hydrogen) atoms. The van der Waals surface area contributed by atoms with Crippen LogP contribution in [-0.4, -0.2) is 26.1 Å². The van der Waals surface area contributed by atoms with Crippen molar-refractivity contribution in [3.63, 3.8) is 0 Å². The molecule has 2 aromatic heterocycles. The van der Waals surface area contributed by atoms with Crippen LogP contribution in [0.3, 0.4) is 0 Å². The largest absolute Gasteiger partial charge is 0.352 e. The maximum atomic E-state index is 6.28. The monoisotopic (exact) mass is 438 g/mol. The molecule has 6 heteroatoms. The van der Waals surface area contributed by atoms with Crippen molar-refractivity contribution < 1.29 is 0 Å². The Kier molecular flexibility index (Phi) is 5.85. The Hall–Kier alpha value is -2.37. The highest BCUT2D eigenvalue weighted by Crippen LogP contribution is 2.41. The number of nitrogens with zero attached hydrogens (tertiary/aromatic N) is 3. The standard InChI is InChI=1S/C24H27ClN4S/c1-15(2)14-28-23(22(27-24(28)30)21-10-5-6-11-26-21)20-12-16(3)29(17(20)4)19-9-7-8-18(25)13-19/h5-13,15,22-23H,14H2,1-4H3,(H,27,30)/t22-,23+/m1/s1. The average molecular weight is 439 g/mol. The topological polar surface area (TPSA) is 33.1 Å². The summed E-state index contributed by atoms with van der Waals surface area (Å²) in [6, 6.07) is 16.4. The Morgan fingerprint density at radius 3 is 2.60 bits per heavy atom. The highest BCUT2D eigenvalue weighted by molar-refractivity contribution is 7.80. The summed E-state index contributed by atoms with van der Waals surface area (Å²) in [6.07, 6.45) is 1.84. The van der Waals surface area contributed by atoms with Gasteiger partial charge in [0, 0.05) is 34.8 Å². The molecule has 0 bridgehead atoms. The van der Waals surface area contributed by atoms with Crippen LogP contribution in [0.5, 0.6) is 0 Å². The third kappa shape index (κ3) is 3.84. The van der Waals surface area contributed by atoms with Gasteiger partial charge in [0.25, 0.3) is 0 Å². The summed E-state index contributed by atoms with van der Waals surface area (Å²) in [7, 11) is 0. The maximum Gasteiger partial charge on any atom is 0.170 e. The fourth-order valence-electron chi connectivity index (χ4n) is 4.43. The number of thiocarbonyl (C=S) groups is 1. The highest BCUT2D eigenvalue weighted by atomic mass is 35.5. The Morgan fingerprint density at radius 2 is 1.93 bits per heavy atom.